The fourth-order valence-corrected chi connectivity index (χ4v) is 3.15. The highest BCUT2D eigenvalue weighted by Gasteiger charge is 2.26. The van der Waals surface area contributed by atoms with E-state index < -0.39 is 9.84 Å². The largest absolute Gasteiger partial charge is 0.308 e. The van der Waals surface area contributed by atoms with Gasteiger partial charge in [-0.25, -0.2) is 8.42 Å². The molecule has 1 N–H and O–H groups in total. The molecule has 0 spiro atoms. The van der Waals surface area contributed by atoms with Gasteiger partial charge in [-0.1, -0.05) is 0 Å². The Bertz CT molecular complexity index is 438. The molecule has 0 saturated carbocycles. The molecule has 84 valence electrons. The van der Waals surface area contributed by atoms with E-state index in [1.807, 2.05) is 13.1 Å². The fraction of sp³-hybridized carbons (Fsp3) is 0.667. The van der Waals surface area contributed by atoms with Crippen LogP contribution >= 0.6 is 0 Å². The zero-order valence-corrected chi connectivity index (χ0v) is 9.50. The molecule has 0 bridgehead atoms. The third-order valence-corrected chi connectivity index (χ3v) is 4.27. The molecule has 6 heteroatoms. The van der Waals surface area contributed by atoms with Crippen LogP contribution in [-0.4, -0.2) is 36.2 Å². The Balaban J connectivity index is 2.17. The zero-order valence-electron chi connectivity index (χ0n) is 8.68. The zero-order chi connectivity index (χ0) is 10.9. The maximum atomic E-state index is 11.4. The maximum absolute atomic E-state index is 11.4. The van der Waals surface area contributed by atoms with E-state index in [-0.39, 0.29) is 17.5 Å². The molecule has 1 atom stereocenters. The number of hydrogen-bond donors (Lipinski definition) is 1. The lowest BCUT2D eigenvalue weighted by Crippen LogP contribution is -2.38. The predicted octanol–water partition coefficient (Wildman–Crippen LogP) is -0.0379. The minimum absolute atomic E-state index is 0.0935. The lowest BCUT2D eigenvalue weighted by molar-refractivity contribution is 0.530. The molecule has 1 aromatic rings. The number of hydrogen-bond acceptors (Lipinski definition) is 4. The molecule has 2 heterocycles. The molecule has 15 heavy (non-hydrogen) atoms. The van der Waals surface area contributed by atoms with Crippen molar-refractivity contribution in [3.05, 3.63) is 18.0 Å². The molecule has 1 aromatic heterocycles. The highest BCUT2D eigenvalue weighted by Crippen LogP contribution is 2.17. The summed E-state index contributed by atoms with van der Waals surface area (Å²) in [7, 11) is -2.88. The molecule has 1 fully saturated rings. The van der Waals surface area contributed by atoms with E-state index in [1.54, 1.807) is 10.9 Å². The number of rotatable bonds is 2. The van der Waals surface area contributed by atoms with Gasteiger partial charge in [0.2, 0.25) is 0 Å². The highest BCUT2D eigenvalue weighted by molar-refractivity contribution is 7.91. The molecule has 0 radical (unpaired) electrons. The summed E-state index contributed by atoms with van der Waals surface area (Å²) in [6.07, 6.45) is 3.64. The summed E-state index contributed by atoms with van der Waals surface area (Å²) in [5, 5.41) is 7.34. The first-order chi connectivity index (χ1) is 7.11. The van der Waals surface area contributed by atoms with Crippen LogP contribution < -0.4 is 5.32 Å². The van der Waals surface area contributed by atoms with Gasteiger partial charge in [0.1, 0.15) is 0 Å². The van der Waals surface area contributed by atoms with Crippen LogP contribution in [0, 0.1) is 0 Å². The summed E-state index contributed by atoms with van der Waals surface area (Å²) in [6, 6.07) is -0.0935. The van der Waals surface area contributed by atoms with Gasteiger partial charge >= 0.3 is 0 Å². The lowest BCUT2D eigenvalue weighted by Gasteiger charge is -2.22. The van der Waals surface area contributed by atoms with Crippen molar-refractivity contribution in [3.63, 3.8) is 0 Å². The topological polar surface area (TPSA) is 64.0 Å². The molecule has 1 unspecified atom stereocenters. The Hall–Kier alpha value is -0.880. The normalized spacial score (nSPS) is 25.3. The summed E-state index contributed by atoms with van der Waals surface area (Å²) in [4.78, 5) is 0. The summed E-state index contributed by atoms with van der Waals surface area (Å²) < 4.78 is 24.7. The van der Waals surface area contributed by atoms with Crippen molar-refractivity contribution >= 4 is 9.84 Å². The molecule has 0 aromatic carbocycles. The molecule has 1 aliphatic rings. The van der Waals surface area contributed by atoms with Crippen molar-refractivity contribution in [1.29, 1.82) is 0 Å². The monoisotopic (exact) mass is 229 g/mol. The number of aryl methyl sites for hydroxylation is 1. The summed E-state index contributed by atoms with van der Waals surface area (Å²) >= 11 is 0. The number of sulfone groups is 1. The average Bonchev–Trinajstić information content (AvgIpc) is 2.64. The second kappa shape index (κ2) is 3.94. The van der Waals surface area contributed by atoms with Crippen molar-refractivity contribution in [2.75, 3.05) is 18.1 Å². The van der Waals surface area contributed by atoms with E-state index in [2.05, 4.69) is 10.4 Å². The van der Waals surface area contributed by atoms with Crippen molar-refractivity contribution in [2.24, 2.45) is 0 Å². The third-order valence-electron chi connectivity index (χ3n) is 2.60. The van der Waals surface area contributed by atoms with Gasteiger partial charge in [-0.15, -0.1) is 0 Å². The highest BCUT2D eigenvalue weighted by atomic mass is 32.2. The van der Waals surface area contributed by atoms with Gasteiger partial charge in [0.25, 0.3) is 0 Å². The lowest BCUT2D eigenvalue weighted by atomic mass is 10.2. The number of aromatic nitrogens is 2. The van der Waals surface area contributed by atoms with Gasteiger partial charge in [-0.3, -0.25) is 4.68 Å². The molecule has 1 saturated heterocycles. The van der Waals surface area contributed by atoms with Gasteiger partial charge in [0, 0.05) is 30.9 Å². The third kappa shape index (κ3) is 2.38. The van der Waals surface area contributed by atoms with Crippen LogP contribution in [0.1, 0.15) is 18.5 Å². The first-order valence-electron chi connectivity index (χ1n) is 5.07. The van der Waals surface area contributed by atoms with Gasteiger partial charge < -0.3 is 5.32 Å². The standard InChI is InChI=1S/C9H15N3O2S/c1-2-12-6-8(5-11-12)9-7-15(13,14)4-3-10-9/h5-6,9-10H,2-4,7H2,1H3. The Labute approximate surface area is 89.4 Å². The van der Waals surface area contributed by atoms with E-state index in [1.165, 1.54) is 0 Å². The van der Waals surface area contributed by atoms with E-state index in [0.29, 0.717) is 6.54 Å². The number of nitrogens with one attached hydrogen (secondary N) is 1. The maximum Gasteiger partial charge on any atom is 0.153 e. The van der Waals surface area contributed by atoms with Crippen LogP contribution in [0.2, 0.25) is 0 Å². The van der Waals surface area contributed by atoms with Gasteiger partial charge in [0.05, 0.1) is 17.7 Å². The van der Waals surface area contributed by atoms with Crippen LogP contribution in [0.4, 0.5) is 0 Å². The molecule has 0 amide bonds. The Morgan fingerprint density at radius 1 is 1.67 bits per heavy atom. The van der Waals surface area contributed by atoms with Crippen LogP contribution in [-0.2, 0) is 16.4 Å². The summed E-state index contributed by atoms with van der Waals surface area (Å²) in [5.41, 5.74) is 0.958. The Morgan fingerprint density at radius 2 is 2.47 bits per heavy atom. The van der Waals surface area contributed by atoms with Gasteiger partial charge in [-0.2, -0.15) is 5.10 Å². The summed E-state index contributed by atoms with van der Waals surface area (Å²) in [6.45, 7) is 3.34. The molecule has 2 rings (SSSR count). The first-order valence-corrected chi connectivity index (χ1v) is 6.89. The molecule has 5 nitrogen and oxygen atoms in total. The van der Waals surface area contributed by atoms with Crippen molar-refractivity contribution in [3.8, 4) is 0 Å². The van der Waals surface area contributed by atoms with E-state index >= 15 is 0 Å². The molecular formula is C9H15N3O2S. The quantitative estimate of drug-likeness (QED) is 0.773. The average molecular weight is 229 g/mol. The molecule has 0 aliphatic carbocycles. The van der Waals surface area contributed by atoms with Crippen LogP contribution in [0.3, 0.4) is 0 Å². The van der Waals surface area contributed by atoms with Gasteiger partial charge in [0.15, 0.2) is 9.84 Å². The predicted molar refractivity (Wildman–Crippen MR) is 57.3 cm³/mol. The minimum atomic E-state index is -2.88. The van der Waals surface area contributed by atoms with Crippen molar-refractivity contribution in [2.45, 2.75) is 19.5 Å². The Kier molecular flexibility index (Phi) is 2.79. The second-order valence-corrected chi connectivity index (χ2v) is 5.98. The molecule has 1 aliphatic heterocycles. The molecular weight excluding hydrogens is 214 g/mol. The van der Waals surface area contributed by atoms with E-state index in [0.717, 1.165) is 12.1 Å². The van der Waals surface area contributed by atoms with E-state index in [4.69, 9.17) is 0 Å². The summed E-state index contributed by atoms with van der Waals surface area (Å²) in [5.74, 6) is 0.424. The van der Waals surface area contributed by atoms with Crippen LogP contribution in [0.25, 0.3) is 0 Å². The van der Waals surface area contributed by atoms with Crippen LogP contribution in [0.5, 0.6) is 0 Å². The Morgan fingerprint density at radius 3 is 3.07 bits per heavy atom. The first kappa shape index (κ1) is 10.6. The van der Waals surface area contributed by atoms with E-state index in [9.17, 15) is 8.42 Å². The smallest absolute Gasteiger partial charge is 0.153 e. The van der Waals surface area contributed by atoms with Crippen molar-refractivity contribution < 1.29 is 8.42 Å². The van der Waals surface area contributed by atoms with Crippen LogP contribution in [0.15, 0.2) is 12.4 Å². The van der Waals surface area contributed by atoms with Crippen molar-refractivity contribution in [1.82, 2.24) is 15.1 Å². The van der Waals surface area contributed by atoms with Gasteiger partial charge in [-0.05, 0) is 6.92 Å². The SMILES string of the molecule is CCn1cc(C2CS(=O)(=O)CCN2)cn1. The minimum Gasteiger partial charge on any atom is -0.308 e. The fourth-order valence-electron chi connectivity index (χ4n) is 1.73. The second-order valence-electron chi connectivity index (χ2n) is 3.75. The number of nitrogens with zero attached hydrogens (tertiary/aromatic N) is 2.